The Morgan fingerprint density at radius 2 is 1.73 bits per heavy atom. The third-order valence-electron chi connectivity index (χ3n) is 4.75. The Labute approximate surface area is 152 Å². The first-order valence-corrected chi connectivity index (χ1v) is 8.73. The second kappa shape index (κ2) is 7.99. The number of aromatic nitrogens is 1. The van der Waals surface area contributed by atoms with Gasteiger partial charge in [0.25, 0.3) is 0 Å². The van der Waals surface area contributed by atoms with Gasteiger partial charge in [0.05, 0.1) is 0 Å². The van der Waals surface area contributed by atoms with Crippen LogP contribution < -0.4 is 4.74 Å². The van der Waals surface area contributed by atoms with E-state index in [0.717, 1.165) is 5.56 Å². The fourth-order valence-corrected chi connectivity index (χ4v) is 3.15. The molecule has 1 aliphatic heterocycles. The summed E-state index contributed by atoms with van der Waals surface area (Å²) in [5.74, 6) is -0.405. The molecule has 0 saturated carbocycles. The first-order valence-electron chi connectivity index (χ1n) is 8.73. The van der Waals surface area contributed by atoms with E-state index in [9.17, 15) is 14.7 Å². The number of carboxylic acid groups (broad SMARTS) is 1. The molecule has 1 fully saturated rings. The largest absolute Gasteiger partial charge is 0.478 e. The number of rotatable bonds is 6. The van der Waals surface area contributed by atoms with E-state index in [2.05, 4.69) is 4.98 Å². The Bertz CT molecular complexity index is 741. The zero-order valence-corrected chi connectivity index (χ0v) is 14.5. The maximum absolute atomic E-state index is 12.4. The maximum atomic E-state index is 12.4. The normalized spacial score (nSPS) is 16.1. The predicted molar refractivity (Wildman–Crippen MR) is 95.8 cm³/mol. The van der Waals surface area contributed by atoms with Crippen LogP contribution in [0.25, 0.3) is 0 Å². The monoisotopic (exact) mass is 354 g/mol. The Balaban J connectivity index is 1.57. The molecule has 0 aliphatic carbocycles. The molecular formula is C20H22N2O4. The number of benzene rings is 1. The zero-order chi connectivity index (χ0) is 18.4. The smallest absolute Gasteiger partial charge is 0.348 e. The number of para-hydroxylation sites is 1. The molecule has 0 radical (unpaired) electrons. The number of piperidine rings is 1. The second-order valence-corrected chi connectivity index (χ2v) is 6.45. The van der Waals surface area contributed by atoms with Crippen molar-refractivity contribution in [3.8, 4) is 5.75 Å². The van der Waals surface area contributed by atoms with E-state index < -0.39 is 11.6 Å². The molecule has 1 aliphatic rings. The lowest BCUT2D eigenvalue weighted by atomic mass is 9.90. The van der Waals surface area contributed by atoms with Crippen LogP contribution in [0, 0.1) is 0 Å². The van der Waals surface area contributed by atoms with Gasteiger partial charge in [0.15, 0.2) is 0 Å². The number of aliphatic carboxylic acids is 1. The summed E-state index contributed by atoms with van der Waals surface area (Å²) >= 11 is 0. The first-order chi connectivity index (χ1) is 12.6. The number of carbonyl (C=O) groups excluding carboxylic acids is 1. The average Bonchev–Trinajstić information content (AvgIpc) is 2.68. The SMILES string of the molecule is O=C(CCc1ccncc1)N1CCC(Oc2ccccc2)(C(=O)O)CC1. The average molecular weight is 354 g/mol. The van der Waals surface area contributed by atoms with Crippen molar-refractivity contribution in [1.29, 1.82) is 0 Å². The van der Waals surface area contributed by atoms with Gasteiger partial charge in [-0.15, -0.1) is 0 Å². The quantitative estimate of drug-likeness (QED) is 0.862. The molecule has 136 valence electrons. The molecule has 1 aromatic heterocycles. The number of ether oxygens (including phenoxy) is 1. The number of likely N-dealkylation sites (tertiary alicyclic amines) is 1. The number of hydrogen-bond acceptors (Lipinski definition) is 4. The van der Waals surface area contributed by atoms with Crippen LogP contribution in [-0.4, -0.2) is 45.6 Å². The second-order valence-electron chi connectivity index (χ2n) is 6.45. The molecule has 0 bridgehead atoms. The van der Waals surface area contributed by atoms with Gasteiger partial charge in [-0.2, -0.15) is 0 Å². The molecule has 26 heavy (non-hydrogen) atoms. The highest BCUT2D eigenvalue weighted by molar-refractivity contribution is 5.80. The first kappa shape index (κ1) is 17.9. The van der Waals surface area contributed by atoms with E-state index in [-0.39, 0.29) is 18.7 Å². The van der Waals surface area contributed by atoms with E-state index >= 15 is 0 Å². The minimum Gasteiger partial charge on any atom is -0.478 e. The molecule has 0 spiro atoms. The van der Waals surface area contributed by atoms with Crippen molar-refractivity contribution in [2.45, 2.75) is 31.3 Å². The number of pyridine rings is 1. The molecule has 2 aromatic rings. The zero-order valence-electron chi connectivity index (χ0n) is 14.5. The standard InChI is InChI=1S/C20H22N2O4/c23-18(7-6-16-8-12-21-13-9-16)22-14-10-20(11-15-22,19(24)25)26-17-4-2-1-3-5-17/h1-5,8-9,12-13H,6-7,10-11,14-15H2,(H,24,25). The number of carboxylic acids is 1. The summed E-state index contributed by atoms with van der Waals surface area (Å²) in [4.78, 5) is 30.0. The summed E-state index contributed by atoms with van der Waals surface area (Å²) < 4.78 is 5.82. The van der Waals surface area contributed by atoms with Crippen LogP contribution in [0.4, 0.5) is 0 Å². The summed E-state index contributed by atoms with van der Waals surface area (Å²) in [5, 5.41) is 9.69. The van der Waals surface area contributed by atoms with E-state index in [1.807, 2.05) is 30.3 Å². The summed E-state index contributed by atoms with van der Waals surface area (Å²) in [5.41, 5.74) is -0.207. The Morgan fingerprint density at radius 3 is 2.35 bits per heavy atom. The van der Waals surface area contributed by atoms with Crippen LogP contribution in [0.3, 0.4) is 0 Å². The van der Waals surface area contributed by atoms with Gasteiger partial charge in [-0.25, -0.2) is 4.79 Å². The minimum absolute atomic E-state index is 0.0421. The fraction of sp³-hybridized carbons (Fsp3) is 0.350. The van der Waals surface area contributed by atoms with Gasteiger partial charge < -0.3 is 14.7 Å². The predicted octanol–water partition coefficient (Wildman–Crippen LogP) is 2.54. The summed E-state index contributed by atoms with van der Waals surface area (Å²) in [6.07, 6.45) is 5.04. The Kier molecular flexibility index (Phi) is 5.51. The number of nitrogens with zero attached hydrogens (tertiary/aromatic N) is 2. The molecule has 2 heterocycles. The third-order valence-corrected chi connectivity index (χ3v) is 4.75. The number of aryl methyl sites for hydroxylation is 1. The fourth-order valence-electron chi connectivity index (χ4n) is 3.15. The van der Waals surface area contributed by atoms with Crippen LogP contribution in [0.15, 0.2) is 54.9 Å². The molecular weight excluding hydrogens is 332 g/mol. The van der Waals surface area contributed by atoms with E-state index in [4.69, 9.17) is 4.74 Å². The van der Waals surface area contributed by atoms with Crippen molar-refractivity contribution in [2.75, 3.05) is 13.1 Å². The molecule has 0 atom stereocenters. The minimum atomic E-state index is -1.27. The van der Waals surface area contributed by atoms with Crippen LogP contribution in [0.5, 0.6) is 5.75 Å². The van der Waals surface area contributed by atoms with Crippen LogP contribution in [0.2, 0.25) is 0 Å². The summed E-state index contributed by atoms with van der Waals surface area (Å²) in [6, 6.07) is 12.8. The third kappa shape index (κ3) is 4.20. The van der Waals surface area contributed by atoms with Crippen LogP contribution in [0.1, 0.15) is 24.8 Å². The van der Waals surface area contributed by atoms with Gasteiger partial charge >= 0.3 is 5.97 Å². The molecule has 6 heteroatoms. The van der Waals surface area contributed by atoms with Gasteiger partial charge in [-0.1, -0.05) is 18.2 Å². The van der Waals surface area contributed by atoms with Gasteiger partial charge in [0, 0.05) is 44.7 Å². The molecule has 1 saturated heterocycles. The summed E-state index contributed by atoms with van der Waals surface area (Å²) in [7, 11) is 0. The molecule has 0 unspecified atom stereocenters. The lowest BCUT2D eigenvalue weighted by Crippen LogP contribution is -2.54. The van der Waals surface area contributed by atoms with E-state index in [0.29, 0.717) is 31.7 Å². The summed E-state index contributed by atoms with van der Waals surface area (Å²) in [6.45, 7) is 0.766. The van der Waals surface area contributed by atoms with Crippen LogP contribution >= 0.6 is 0 Å². The maximum Gasteiger partial charge on any atom is 0.348 e. The van der Waals surface area contributed by atoms with Gasteiger partial charge in [-0.05, 0) is 36.2 Å². The van der Waals surface area contributed by atoms with E-state index in [1.165, 1.54) is 0 Å². The van der Waals surface area contributed by atoms with Crippen molar-refractivity contribution in [1.82, 2.24) is 9.88 Å². The number of hydrogen-bond donors (Lipinski definition) is 1. The Hall–Kier alpha value is -2.89. The molecule has 6 nitrogen and oxygen atoms in total. The van der Waals surface area contributed by atoms with Gasteiger partial charge in [-0.3, -0.25) is 9.78 Å². The Morgan fingerprint density at radius 1 is 1.08 bits per heavy atom. The molecule has 3 rings (SSSR count). The van der Waals surface area contributed by atoms with Crippen molar-refractivity contribution < 1.29 is 19.4 Å². The lowest BCUT2D eigenvalue weighted by molar-refractivity contribution is -0.161. The van der Waals surface area contributed by atoms with Crippen molar-refractivity contribution in [2.24, 2.45) is 0 Å². The lowest BCUT2D eigenvalue weighted by Gasteiger charge is -2.39. The number of carbonyl (C=O) groups is 2. The van der Waals surface area contributed by atoms with Gasteiger partial charge in [0.2, 0.25) is 11.5 Å². The van der Waals surface area contributed by atoms with Crippen LogP contribution in [-0.2, 0) is 16.0 Å². The topological polar surface area (TPSA) is 79.7 Å². The molecule has 1 N–H and O–H groups in total. The molecule has 1 aromatic carbocycles. The number of amides is 1. The highest BCUT2D eigenvalue weighted by Gasteiger charge is 2.44. The highest BCUT2D eigenvalue weighted by Crippen LogP contribution is 2.29. The molecule has 1 amide bonds. The van der Waals surface area contributed by atoms with Crippen molar-refractivity contribution >= 4 is 11.9 Å². The van der Waals surface area contributed by atoms with Gasteiger partial charge in [0.1, 0.15) is 5.75 Å². The van der Waals surface area contributed by atoms with Crippen molar-refractivity contribution in [3.05, 3.63) is 60.4 Å². The highest BCUT2D eigenvalue weighted by atomic mass is 16.5. The van der Waals surface area contributed by atoms with E-state index in [1.54, 1.807) is 29.4 Å². The van der Waals surface area contributed by atoms with Crippen molar-refractivity contribution in [3.63, 3.8) is 0 Å².